The van der Waals surface area contributed by atoms with E-state index in [2.05, 4.69) is 15.6 Å². The summed E-state index contributed by atoms with van der Waals surface area (Å²) in [4.78, 5) is 19.2. The lowest BCUT2D eigenvalue weighted by atomic mass is 10.2. The summed E-state index contributed by atoms with van der Waals surface area (Å²) in [5.74, 6) is 0.251. The topological polar surface area (TPSA) is 57.3 Å². The molecule has 0 bridgehead atoms. The number of benzene rings is 1. The second-order valence-electron chi connectivity index (χ2n) is 5.99. The fourth-order valence-electron chi connectivity index (χ4n) is 2.49. The highest BCUT2D eigenvalue weighted by Crippen LogP contribution is 2.26. The lowest BCUT2D eigenvalue weighted by Crippen LogP contribution is -2.28. The third-order valence-corrected chi connectivity index (χ3v) is 4.63. The number of halogens is 1. The zero-order valence-corrected chi connectivity index (χ0v) is 14.9. The molecular weight excluding hydrogens is 339 g/mol. The van der Waals surface area contributed by atoms with Crippen molar-refractivity contribution in [3.8, 4) is 0 Å². The van der Waals surface area contributed by atoms with Crippen molar-refractivity contribution in [2.75, 3.05) is 19.4 Å². The summed E-state index contributed by atoms with van der Waals surface area (Å²) in [6.07, 6.45) is 1.68. The van der Waals surface area contributed by atoms with Crippen LogP contribution in [0.1, 0.15) is 10.4 Å². The fraction of sp³-hybridized carbons (Fsp3) is 0.222. The lowest BCUT2D eigenvalue weighted by molar-refractivity contribution is 0.251. The number of anilines is 1. The normalized spacial score (nSPS) is 11.0. The van der Waals surface area contributed by atoms with Crippen molar-refractivity contribution >= 4 is 33.3 Å². The van der Waals surface area contributed by atoms with Crippen LogP contribution in [0.2, 0.25) is 0 Å². The van der Waals surface area contributed by atoms with Crippen LogP contribution in [0.3, 0.4) is 0 Å². The van der Waals surface area contributed by atoms with Crippen molar-refractivity contribution in [3.05, 3.63) is 58.9 Å². The molecule has 0 aliphatic rings. The molecule has 7 heteroatoms. The van der Waals surface area contributed by atoms with Crippen LogP contribution in [0, 0.1) is 5.82 Å². The first kappa shape index (κ1) is 17.3. The van der Waals surface area contributed by atoms with Crippen molar-refractivity contribution in [1.29, 1.82) is 0 Å². The maximum Gasteiger partial charge on any atom is 0.320 e. The van der Waals surface area contributed by atoms with Gasteiger partial charge in [0, 0.05) is 22.3 Å². The Labute approximate surface area is 149 Å². The Hall–Kier alpha value is -2.51. The van der Waals surface area contributed by atoms with Gasteiger partial charge in [0.15, 0.2) is 0 Å². The van der Waals surface area contributed by atoms with Gasteiger partial charge in [0.1, 0.15) is 11.6 Å². The van der Waals surface area contributed by atoms with Crippen molar-refractivity contribution < 1.29 is 9.18 Å². The predicted octanol–water partition coefficient (Wildman–Crippen LogP) is 3.82. The number of rotatable bonds is 5. The molecular formula is C18H19FN4OS. The van der Waals surface area contributed by atoms with Gasteiger partial charge in [-0.2, -0.15) is 0 Å². The van der Waals surface area contributed by atoms with Gasteiger partial charge in [-0.25, -0.2) is 14.2 Å². The van der Waals surface area contributed by atoms with E-state index in [-0.39, 0.29) is 11.8 Å². The summed E-state index contributed by atoms with van der Waals surface area (Å²) >= 11 is 1.53. The third kappa shape index (κ3) is 4.74. The Morgan fingerprint density at radius 2 is 2.08 bits per heavy atom. The van der Waals surface area contributed by atoms with E-state index in [1.807, 2.05) is 37.2 Å². The summed E-state index contributed by atoms with van der Waals surface area (Å²) in [5, 5.41) is 6.38. The number of hydrogen-bond acceptors (Lipinski definition) is 4. The van der Waals surface area contributed by atoms with Gasteiger partial charge >= 0.3 is 6.03 Å². The monoisotopic (exact) mass is 358 g/mol. The highest BCUT2D eigenvalue weighted by molar-refractivity contribution is 7.19. The first-order valence-electron chi connectivity index (χ1n) is 7.82. The highest BCUT2D eigenvalue weighted by atomic mass is 32.1. The molecule has 130 valence electrons. The van der Waals surface area contributed by atoms with Gasteiger partial charge in [-0.05, 0) is 61.4 Å². The number of thiophene rings is 1. The van der Waals surface area contributed by atoms with Crippen LogP contribution in [0.4, 0.5) is 15.0 Å². The fourth-order valence-corrected chi connectivity index (χ4v) is 3.47. The Bertz CT molecular complexity index is 894. The molecule has 1 aromatic carbocycles. The average Bonchev–Trinajstić information content (AvgIpc) is 2.94. The molecule has 0 radical (unpaired) electrons. The molecule has 0 fully saturated rings. The van der Waals surface area contributed by atoms with Crippen LogP contribution in [-0.2, 0) is 13.1 Å². The average molecular weight is 358 g/mol. The van der Waals surface area contributed by atoms with Crippen LogP contribution in [0.25, 0.3) is 10.1 Å². The molecule has 0 saturated carbocycles. The third-order valence-electron chi connectivity index (χ3n) is 3.52. The first-order chi connectivity index (χ1) is 12.0. The zero-order chi connectivity index (χ0) is 17.8. The van der Waals surface area contributed by atoms with E-state index in [0.717, 1.165) is 27.1 Å². The molecule has 25 heavy (non-hydrogen) atoms. The molecule has 0 aliphatic carbocycles. The number of urea groups is 1. The number of carbonyl (C=O) groups excluding carboxylic acids is 1. The lowest BCUT2D eigenvalue weighted by Gasteiger charge is -2.11. The minimum atomic E-state index is -0.321. The number of aromatic nitrogens is 1. The number of nitrogens with one attached hydrogen (secondary N) is 2. The Kier molecular flexibility index (Phi) is 5.25. The summed E-state index contributed by atoms with van der Waals surface area (Å²) in [6.45, 7) is 1.15. The van der Waals surface area contributed by atoms with Crippen molar-refractivity contribution in [3.63, 3.8) is 0 Å². The molecule has 5 nitrogen and oxygen atoms in total. The van der Waals surface area contributed by atoms with Gasteiger partial charge in [-0.3, -0.25) is 5.32 Å². The molecule has 2 N–H and O–H groups in total. The molecule has 0 spiro atoms. The number of pyridine rings is 1. The van der Waals surface area contributed by atoms with Crippen LogP contribution in [-0.4, -0.2) is 30.0 Å². The largest absolute Gasteiger partial charge is 0.333 e. The van der Waals surface area contributed by atoms with Crippen molar-refractivity contribution in [2.45, 2.75) is 13.1 Å². The standard InChI is InChI=1S/C18H19FN4OS/c1-23(2)11-12-5-6-20-17(7-12)22-18(24)21-10-15-9-13-8-14(19)3-4-16(13)25-15/h3-9H,10-11H2,1-2H3,(H2,20,21,22,24). The highest BCUT2D eigenvalue weighted by Gasteiger charge is 2.07. The smallest absolute Gasteiger partial charge is 0.320 e. The predicted molar refractivity (Wildman–Crippen MR) is 99.3 cm³/mol. The van der Waals surface area contributed by atoms with Crippen LogP contribution >= 0.6 is 11.3 Å². The number of carbonyl (C=O) groups is 1. The van der Waals surface area contributed by atoms with Crippen molar-refractivity contribution in [1.82, 2.24) is 15.2 Å². The van der Waals surface area contributed by atoms with Gasteiger partial charge in [-0.15, -0.1) is 11.3 Å². The van der Waals surface area contributed by atoms with E-state index in [1.54, 1.807) is 12.3 Å². The number of fused-ring (bicyclic) bond motifs is 1. The van der Waals surface area contributed by atoms with Gasteiger partial charge in [0.05, 0.1) is 6.54 Å². The second kappa shape index (κ2) is 7.58. The molecule has 0 atom stereocenters. The molecule has 2 amide bonds. The first-order valence-corrected chi connectivity index (χ1v) is 8.64. The maximum absolute atomic E-state index is 13.2. The molecule has 0 saturated heterocycles. The van der Waals surface area contributed by atoms with E-state index in [1.165, 1.54) is 23.5 Å². The van der Waals surface area contributed by atoms with E-state index >= 15 is 0 Å². The summed E-state index contributed by atoms with van der Waals surface area (Å²) < 4.78 is 14.2. The van der Waals surface area contributed by atoms with Gasteiger partial charge in [0.25, 0.3) is 0 Å². The summed E-state index contributed by atoms with van der Waals surface area (Å²) in [7, 11) is 3.97. The molecule has 2 aromatic heterocycles. The van der Waals surface area contributed by atoms with Gasteiger partial charge in [0.2, 0.25) is 0 Å². The number of hydrogen-bond donors (Lipinski definition) is 2. The quantitative estimate of drug-likeness (QED) is 0.729. The second-order valence-corrected chi connectivity index (χ2v) is 7.16. The minimum Gasteiger partial charge on any atom is -0.333 e. The summed E-state index contributed by atoms with van der Waals surface area (Å²) in [6, 6.07) is 10.0. The zero-order valence-electron chi connectivity index (χ0n) is 14.0. The summed E-state index contributed by atoms with van der Waals surface area (Å²) in [5.41, 5.74) is 1.07. The Morgan fingerprint density at radius 1 is 1.24 bits per heavy atom. The van der Waals surface area contributed by atoms with E-state index in [4.69, 9.17) is 0 Å². The van der Waals surface area contributed by atoms with E-state index in [9.17, 15) is 9.18 Å². The van der Waals surface area contributed by atoms with Gasteiger partial charge < -0.3 is 10.2 Å². The molecule has 0 unspecified atom stereocenters. The minimum absolute atomic E-state index is 0.258. The van der Waals surface area contributed by atoms with E-state index in [0.29, 0.717) is 12.4 Å². The van der Waals surface area contributed by atoms with Crippen molar-refractivity contribution in [2.24, 2.45) is 0 Å². The Balaban J connectivity index is 1.58. The number of nitrogens with zero attached hydrogens (tertiary/aromatic N) is 2. The SMILES string of the molecule is CN(C)Cc1ccnc(NC(=O)NCc2cc3cc(F)ccc3s2)c1. The molecule has 3 aromatic rings. The molecule has 0 aliphatic heterocycles. The van der Waals surface area contributed by atoms with Crippen LogP contribution in [0.5, 0.6) is 0 Å². The molecule has 2 heterocycles. The van der Waals surface area contributed by atoms with E-state index < -0.39 is 0 Å². The van der Waals surface area contributed by atoms with Crippen LogP contribution < -0.4 is 10.6 Å². The van der Waals surface area contributed by atoms with Gasteiger partial charge in [-0.1, -0.05) is 0 Å². The molecule has 3 rings (SSSR count). The van der Waals surface area contributed by atoms with Crippen LogP contribution in [0.15, 0.2) is 42.6 Å². The maximum atomic E-state index is 13.2. The Morgan fingerprint density at radius 3 is 2.88 bits per heavy atom. The number of amides is 2.